The maximum absolute atomic E-state index is 11.0. The zero-order valence-corrected chi connectivity index (χ0v) is 10.6. The smallest absolute Gasteiger partial charge is 0.337 e. The zero-order valence-electron chi connectivity index (χ0n) is 9.83. The predicted octanol–water partition coefficient (Wildman–Crippen LogP) is 1.84. The summed E-state index contributed by atoms with van der Waals surface area (Å²) in [7, 11) is 0. The van der Waals surface area contributed by atoms with Crippen LogP contribution >= 0.6 is 11.6 Å². The largest absolute Gasteiger partial charge is 0.478 e. The monoisotopic (exact) mass is 290 g/mol. The third-order valence-electron chi connectivity index (χ3n) is 2.58. The summed E-state index contributed by atoms with van der Waals surface area (Å²) in [6.07, 6.45) is 1.33. The minimum Gasteiger partial charge on any atom is -0.478 e. The van der Waals surface area contributed by atoms with Crippen molar-refractivity contribution < 1.29 is 9.90 Å². The number of H-pyrrole nitrogens is 1. The number of fused-ring (bicyclic) bond motifs is 1. The fourth-order valence-electron chi connectivity index (χ4n) is 1.67. The molecule has 0 amide bonds. The van der Waals surface area contributed by atoms with Crippen LogP contribution in [0.25, 0.3) is 11.2 Å². The molecule has 2 aromatic heterocycles. The van der Waals surface area contributed by atoms with Crippen LogP contribution in [0.2, 0.25) is 5.02 Å². The summed E-state index contributed by atoms with van der Waals surface area (Å²) in [5, 5.41) is 22.4. The molecule has 0 spiro atoms. The Balaban J connectivity index is 2.01. The Morgan fingerprint density at radius 3 is 2.95 bits per heavy atom. The Bertz CT molecular complexity index is 802. The van der Waals surface area contributed by atoms with Crippen molar-refractivity contribution in [2.75, 3.05) is 5.32 Å². The minimum absolute atomic E-state index is 0.00196. The Hall–Kier alpha value is -2.74. The van der Waals surface area contributed by atoms with E-state index in [1.165, 1.54) is 18.5 Å². The van der Waals surface area contributed by atoms with Gasteiger partial charge in [0.2, 0.25) is 5.65 Å². The fourth-order valence-corrected chi connectivity index (χ4v) is 1.87. The highest BCUT2D eigenvalue weighted by molar-refractivity contribution is 6.33. The lowest BCUT2D eigenvalue weighted by atomic mass is 10.2. The topological polar surface area (TPSA) is 117 Å². The van der Waals surface area contributed by atoms with Crippen molar-refractivity contribution in [1.82, 2.24) is 25.4 Å². The molecule has 0 fully saturated rings. The highest BCUT2D eigenvalue weighted by Gasteiger charge is 2.12. The number of hydrogen-bond acceptors (Lipinski definition) is 6. The number of aromatic amines is 1. The highest BCUT2D eigenvalue weighted by Crippen LogP contribution is 2.24. The van der Waals surface area contributed by atoms with Crippen molar-refractivity contribution in [3.8, 4) is 0 Å². The molecule has 2 heterocycles. The summed E-state index contributed by atoms with van der Waals surface area (Å²) in [6.45, 7) is 0. The summed E-state index contributed by atoms with van der Waals surface area (Å²) in [5.41, 5.74) is 1.39. The fraction of sp³-hybridized carbons (Fsp3) is 0. The SMILES string of the molecule is O=C(O)c1cc(Nc2ncnc3n[nH]nc23)ccc1Cl. The first-order chi connectivity index (χ1) is 9.65. The van der Waals surface area contributed by atoms with Crippen LogP contribution in [0.3, 0.4) is 0 Å². The molecule has 100 valence electrons. The van der Waals surface area contributed by atoms with Crippen LogP contribution in [0.4, 0.5) is 11.5 Å². The number of hydrogen-bond donors (Lipinski definition) is 3. The molecule has 3 N–H and O–H groups in total. The van der Waals surface area contributed by atoms with Gasteiger partial charge < -0.3 is 10.4 Å². The van der Waals surface area contributed by atoms with Crippen LogP contribution < -0.4 is 5.32 Å². The number of carboxylic acid groups (broad SMARTS) is 1. The minimum atomic E-state index is -1.10. The molecule has 9 heteroatoms. The summed E-state index contributed by atoms with van der Waals surface area (Å²) < 4.78 is 0. The molecule has 0 atom stereocenters. The van der Waals surface area contributed by atoms with E-state index in [0.29, 0.717) is 22.7 Å². The standard InChI is InChI=1S/C11H7ClN6O2/c12-7-2-1-5(3-6(7)11(19)20)15-9-8-10(14-4-13-9)17-18-16-8/h1-4H,(H,19,20)(H2,13,14,15,16,17,18). The number of aromatic nitrogens is 5. The van der Waals surface area contributed by atoms with Gasteiger partial charge in [0, 0.05) is 5.69 Å². The van der Waals surface area contributed by atoms with Gasteiger partial charge in [0.05, 0.1) is 10.6 Å². The van der Waals surface area contributed by atoms with E-state index in [0.717, 1.165) is 0 Å². The van der Waals surface area contributed by atoms with Gasteiger partial charge in [0.1, 0.15) is 6.33 Å². The Labute approximate surface area is 116 Å². The molecule has 0 saturated heterocycles. The van der Waals surface area contributed by atoms with E-state index in [9.17, 15) is 4.79 Å². The van der Waals surface area contributed by atoms with Gasteiger partial charge in [-0.05, 0) is 18.2 Å². The van der Waals surface area contributed by atoms with E-state index in [4.69, 9.17) is 16.7 Å². The van der Waals surface area contributed by atoms with Gasteiger partial charge in [0.15, 0.2) is 11.3 Å². The van der Waals surface area contributed by atoms with Gasteiger partial charge in [-0.3, -0.25) is 0 Å². The van der Waals surface area contributed by atoms with E-state index in [1.807, 2.05) is 0 Å². The maximum atomic E-state index is 11.0. The van der Waals surface area contributed by atoms with E-state index in [2.05, 4.69) is 30.7 Å². The second-order valence-electron chi connectivity index (χ2n) is 3.84. The average molecular weight is 291 g/mol. The van der Waals surface area contributed by atoms with Crippen molar-refractivity contribution in [2.45, 2.75) is 0 Å². The molecule has 20 heavy (non-hydrogen) atoms. The van der Waals surface area contributed by atoms with Crippen molar-refractivity contribution >= 4 is 40.2 Å². The van der Waals surface area contributed by atoms with Crippen molar-refractivity contribution in [1.29, 1.82) is 0 Å². The second kappa shape index (κ2) is 4.74. The van der Waals surface area contributed by atoms with Crippen LogP contribution in [0.5, 0.6) is 0 Å². The number of anilines is 2. The van der Waals surface area contributed by atoms with E-state index in [1.54, 1.807) is 6.07 Å². The molecule has 0 aliphatic rings. The molecule has 0 radical (unpaired) electrons. The lowest BCUT2D eigenvalue weighted by Gasteiger charge is -2.07. The molecule has 0 unspecified atom stereocenters. The number of rotatable bonds is 3. The van der Waals surface area contributed by atoms with Gasteiger partial charge in [-0.15, -0.1) is 5.10 Å². The van der Waals surface area contributed by atoms with E-state index >= 15 is 0 Å². The summed E-state index contributed by atoms with van der Waals surface area (Å²) >= 11 is 5.81. The van der Waals surface area contributed by atoms with Gasteiger partial charge >= 0.3 is 5.97 Å². The zero-order chi connectivity index (χ0) is 14.1. The van der Waals surface area contributed by atoms with Crippen LogP contribution in [0.15, 0.2) is 24.5 Å². The Morgan fingerprint density at radius 2 is 2.15 bits per heavy atom. The molecule has 0 saturated carbocycles. The Kier molecular flexibility index (Phi) is 2.92. The molecule has 0 aliphatic carbocycles. The van der Waals surface area contributed by atoms with Crippen LogP contribution in [-0.4, -0.2) is 36.5 Å². The molecule has 0 bridgehead atoms. The number of carbonyl (C=O) groups is 1. The molecule has 0 aliphatic heterocycles. The Morgan fingerprint density at radius 1 is 1.30 bits per heavy atom. The van der Waals surface area contributed by atoms with E-state index < -0.39 is 5.97 Å². The lowest BCUT2D eigenvalue weighted by Crippen LogP contribution is -2.00. The van der Waals surface area contributed by atoms with Gasteiger partial charge in [-0.25, -0.2) is 14.8 Å². The molecule has 3 aromatic rings. The first-order valence-corrected chi connectivity index (χ1v) is 5.84. The number of aromatic carboxylic acids is 1. The van der Waals surface area contributed by atoms with Crippen molar-refractivity contribution in [3.63, 3.8) is 0 Å². The van der Waals surface area contributed by atoms with Gasteiger partial charge in [0.25, 0.3) is 0 Å². The van der Waals surface area contributed by atoms with Crippen LogP contribution in [-0.2, 0) is 0 Å². The first-order valence-electron chi connectivity index (χ1n) is 5.46. The number of halogens is 1. The third kappa shape index (κ3) is 2.12. The van der Waals surface area contributed by atoms with Gasteiger partial charge in [-0.2, -0.15) is 10.3 Å². The highest BCUT2D eigenvalue weighted by atomic mass is 35.5. The second-order valence-corrected chi connectivity index (χ2v) is 4.25. The van der Waals surface area contributed by atoms with Crippen molar-refractivity contribution in [2.24, 2.45) is 0 Å². The van der Waals surface area contributed by atoms with Crippen LogP contribution in [0.1, 0.15) is 10.4 Å². The normalized spacial score (nSPS) is 10.7. The average Bonchev–Trinajstić information content (AvgIpc) is 2.90. The third-order valence-corrected chi connectivity index (χ3v) is 2.91. The number of nitrogens with zero attached hydrogens (tertiary/aromatic N) is 4. The number of benzene rings is 1. The number of nitrogens with one attached hydrogen (secondary N) is 2. The summed E-state index contributed by atoms with van der Waals surface area (Å²) in [4.78, 5) is 19.0. The lowest BCUT2D eigenvalue weighted by molar-refractivity contribution is 0.0697. The number of carboxylic acids is 1. The molecular weight excluding hydrogens is 284 g/mol. The predicted molar refractivity (Wildman–Crippen MR) is 71.2 cm³/mol. The van der Waals surface area contributed by atoms with Crippen molar-refractivity contribution in [3.05, 3.63) is 35.1 Å². The molecular formula is C11H7ClN6O2. The van der Waals surface area contributed by atoms with Crippen LogP contribution in [0, 0.1) is 0 Å². The molecule has 3 rings (SSSR count). The maximum Gasteiger partial charge on any atom is 0.337 e. The summed E-state index contributed by atoms with van der Waals surface area (Å²) in [6, 6.07) is 4.55. The van der Waals surface area contributed by atoms with E-state index in [-0.39, 0.29) is 10.6 Å². The quantitative estimate of drug-likeness (QED) is 0.673. The summed E-state index contributed by atoms with van der Waals surface area (Å²) in [5.74, 6) is -0.685. The molecule has 1 aromatic carbocycles. The van der Waals surface area contributed by atoms with Gasteiger partial charge in [-0.1, -0.05) is 11.6 Å². The molecule has 8 nitrogen and oxygen atoms in total. The first kappa shape index (κ1) is 12.3.